The normalized spacial score (nSPS) is 11.6. The van der Waals surface area contributed by atoms with E-state index in [9.17, 15) is 22.8 Å². The molecule has 0 saturated heterocycles. The van der Waals surface area contributed by atoms with Crippen LogP contribution in [-0.2, 0) is 6.18 Å². The molecule has 7 heteroatoms. The summed E-state index contributed by atoms with van der Waals surface area (Å²) in [5, 5.41) is 0.420. The molecule has 0 amide bonds. The van der Waals surface area contributed by atoms with E-state index in [0.29, 0.717) is 10.6 Å². The Hall–Kier alpha value is -3.38. The molecule has 4 aromatic rings. The fourth-order valence-corrected chi connectivity index (χ4v) is 3.36. The Labute approximate surface area is 173 Å². The van der Waals surface area contributed by atoms with Crippen molar-refractivity contribution in [1.82, 2.24) is 0 Å². The third-order valence-electron chi connectivity index (χ3n) is 4.63. The second-order valence-corrected chi connectivity index (χ2v) is 6.99. The molecule has 0 aliphatic rings. The highest BCUT2D eigenvalue weighted by molar-refractivity contribution is 6.30. The number of alkyl halides is 3. The van der Waals surface area contributed by atoms with Crippen molar-refractivity contribution in [3.05, 3.63) is 105 Å². The van der Waals surface area contributed by atoms with E-state index in [4.69, 9.17) is 16.0 Å². The molecule has 1 heterocycles. The van der Waals surface area contributed by atoms with Crippen LogP contribution in [0.25, 0.3) is 22.1 Å². The van der Waals surface area contributed by atoms with Crippen LogP contribution in [0.4, 0.5) is 13.2 Å². The number of carbonyl (C=O) groups excluding carboxylic acids is 1. The average Bonchev–Trinajstić information content (AvgIpc) is 2.72. The van der Waals surface area contributed by atoms with Gasteiger partial charge in [-0.2, -0.15) is 13.2 Å². The Kier molecular flexibility index (Phi) is 4.95. The Morgan fingerprint density at radius 1 is 0.900 bits per heavy atom. The summed E-state index contributed by atoms with van der Waals surface area (Å²) in [6, 6.07) is 17.0. The molecule has 3 nitrogen and oxygen atoms in total. The fourth-order valence-electron chi connectivity index (χ4n) is 3.23. The van der Waals surface area contributed by atoms with Crippen molar-refractivity contribution in [3.63, 3.8) is 0 Å². The molecular formula is C23H12ClF3O3. The number of benzene rings is 3. The molecular weight excluding hydrogens is 417 g/mol. The van der Waals surface area contributed by atoms with Crippen LogP contribution < -0.4 is 5.63 Å². The number of carbonyl (C=O) groups is 1. The summed E-state index contributed by atoms with van der Waals surface area (Å²) in [7, 11) is 0. The monoisotopic (exact) mass is 428 g/mol. The van der Waals surface area contributed by atoms with E-state index in [0.717, 1.165) is 18.2 Å². The quantitative estimate of drug-likeness (QED) is 0.281. The first-order valence-electron chi connectivity index (χ1n) is 8.79. The first kappa shape index (κ1) is 19.9. The molecule has 0 bridgehead atoms. The lowest BCUT2D eigenvalue weighted by Crippen LogP contribution is -2.17. The minimum Gasteiger partial charge on any atom is -0.422 e. The Bertz CT molecular complexity index is 1310. The van der Waals surface area contributed by atoms with Crippen LogP contribution in [0.3, 0.4) is 0 Å². The molecule has 0 spiro atoms. The molecule has 0 aliphatic carbocycles. The topological polar surface area (TPSA) is 47.3 Å². The standard InChI is InChI=1S/C23H12ClF3O3/c24-16-9-6-14(7-10-16)21(28)20-19(13-4-2-1-3-5-13)17-12-15(23(25,26)27)8-11-18(17)30-22(20)29/h1-12H. The molecule has 30 heavy (non-hydrogen) atoms. The maximum atomic E-state index is 13.3. The number of rotatable bonds is 3. The molecule has 0 N–H and O–H groups in total. The van der Waals surface area contributed by atoms with Crippen molar-refractivity contribution in [2.45, 2.75) is 6.18 Å². The van der Waals surface area contributed by atoms with Gasteiger partial charge in [0.05, 0.1) is 5.56 Å². The van der Waals surface area contributed by atoms with Crippen molar-refractivity contribution in [1.29, 1.82) is 0 Å². The summed E-state index contributed by atoms with van der Waals surface area (Å²) in [4.78, 5) is 25.9. The summed E-state index contributed by atoms with van der Waals surface area (Å²) in [6.45, 7) is 0. The average molecular weight is 429 g/mol. The van der Waals surface area contributed by atoms with Gasteiger partial charge in [-0.3, -0.25) is 4.79 Å². The zero-order chi connectivity index (χ0) is 21.5. The summed E-state index contributed by atoms with van der Waals surface area (Å²) in [5.74, 6) is -0.668. The SMILES string of the molecule is O=C(c1ccc(Cl)cc1)c1c(-c2ccccc2)c2cc(C(F)(F)F)ccc2oc1=O. The number of hydrogen-bond acceptors (Lipinski definition) is 3. The van der Waals surface area contributed by atoms with Crippen LogP contribution in [0, 0.1) is 0 Å². The maximum absolute atomic E-state index is 13.3. The Balaban J connectivity index is 2.08. The van der Waals surface area contributed by atoms with Gasteiger partial charge in [0.2, 0.25) is 5.78 Å². The lowest BCUT2D eigenvalue weighted by molar-refractivity contribution is -0.137. The lowest BCUT2D eigenvalue weighted by Gasteiger charge is -2.13. The third-order valence-corrected chi connectivity index (χ3v) is 4.88. The highest BCUT2D eigenvalue weighted by Crippen LogP contribution is 2.36. The van der Waals surface area contributed by atoms with Gasteiger partial charge in [-0.1, -0.05) is 41.9 Å². The molecule has 150 valence electrons. The molecule has 3 aromatic carbocycles. The summed E-state index contributed by atoms with van der Waals surface area (Å²) in [6.07, 6.45) is -4.60. The molecule has 0 saturated carbocycles. The Morgan fingerprint density at radius 2 is 1.57 bits per heavy atom. The number of hydrogen-bond donors (Lipinski definition) is 0. The van der Waals surface area contributed by atoms with Crippen molar-refractivity contribution in [2.24, 2.45) is 0 Å². The van der Waals surface area contributed by atoms with Gasteiger partial charge < -0.3 is 4.42 Å². The summed E-state index contributed by atoms with van der Waals surface area (Å²) >= 11 is 5.86. The molecule has 0 radical (unpaired) electrons. The van der Waals surface area contributed by atoms with E-state index in [-0.39, 0.29) is 27.7 Å². The van der Waals surface area contributed by atoms with Crippen LogP contribution in [0.2, 0.25) is 5.02 Å². The minimum atomic E-state index is -4.60. The van der Waals surface area contributed by atoms with E-state index in [1.807, 2.05) is 0 Å². The van der Waals surface area contributed by atoms with E-state index < -0.39 is 23.1 Å². The number of halogens is 4. The van der Waals surface area contributed by atoms with Crippen molar-refractivity contribution in [2.75, 3.05) is 0 Å². The lowest BCUT2D eigenvalue weighted by atomic mass is 9.92. The zero-order valence-electron chi connectivity index (χ0n) is 15.2. The first-order valence-corrected chi connectivity index (χ1v) is 9.17. The summed E-state index contributed by atoms with van der Waals surface area (Å²) in [5.41, 5.74) is -1.54. The fraction of sp³-hybridized carbons (Fsp3) is 0.0435. The van der Waals surface area contributed by atoms with Gasteiger partial charge in [-0.05, 0) is 48.0 Å². The molecule has 4 rings (SSSR count). The Morgan fingerprint density at radius 3 is 2.20 bits per heavy atom. The maximum Gasteiger partial charge on any atom is 0.416 e. The highest BCUT2D eigenvalue weighted by Gasteiger charge is 2.32. The highest BCUT2D eigenvalue weighted by atomic mass is 35.5. The van der Waals surface area contributed by atoms with Gasteiger partial charge in [0.15, 0.2) is 0 Å². The van der Waals surface area contributed by atoms with Gasteiger partial charge in [-0.25, -0.2) is 4.79 Å². The second kappa shape index (κ2) is 7.46. The van der Waals surface area contributed by atoms with Gasteiger partial charge in [0, 0.05) is 21.5 Å². The van der Waals surface area contributed by atoms with Gasteiger partial charge in [-0.15, -0.1) is 0 Å². The van der Waals surface area contributed by atoms with Crippen LogP contribution in [0.1, 0.15) is 21.5 Å². The van der Waals surface area contributed by atoms with Gasteiger partial charge in [0.25, 0.3) is 0 Å². The van der Waals surface area contributed by atoms with Crippen LogP contribution in [0.15, 0.2) is 82.0 Å². The van der Waals surface area contributed by atoms with Gasteiger partial charge in [0.1, 0.15) is 11.1 Å². The molecule has 0 fully saturated rings. The van der Waals surface area contributed by atoms with Crippen molar-refractivity contribution >= 4 is 28.4 Å². The third kappa shape index (κ3) is 3.62. The van der Waals surface area contributed by atoms with Crippen LogP contribution in [0.5, 0.6) is 0 Å². The van der Waals surface area contributed by atoms with Crippen molar-refractivity contribution < 1.29 is 22.4 Å². The number of ketones is 1. The molecule has 0 unspecified atom stereocenters. The smallest absolute Gasteiger partial charge is 0.416 e. The number of fused-ring (bicyclic) bond motifs is 1. The van der Waals surface area contributed by atoms with E-state index in [1.54, 1.807) is 30.3 Å². The van der Waals surface area contributed by atoms with Crippen LogP contribution >= 0.6 is 11.6 Å². The van der Waals surface area contributed by atoms with Crippen molar-refractivity contribution in [3.8, 4) is 11.1 Å². The van der Waals surface area contributed by atoms with E-state index in [1.165, 1.54) is 24.3 Å². The molecule has 1 aromatic heterocycles. The van der Waals surface area contributed by atoms with Crippen LogP contribution in [-0.4, -0.2) is 5.78 Å². The van der Waals surface area contributed by atoms with E-state index >= 15 is 0 Å². The predicted molar refractivity (Wildman–Crippen MR) is 108 cm³/mol. The zero-order valence-corrected chi connectivity index (χ0v) is 15.9. The largest absolute Gasteiger partial charge is 0.422 e. The minimum absolute atomic E-state index is 0.0212. The second-order valence-electron chi connectivity index (χ2n) is 6.55. The van der Waals surface area contributed by atoms with E-state index in [2.05, 4.69) is 0 Å². The predicted octanol–water partition coefficient (Wildman–Crippen LogP) is 6.36. The molecule has 0 aliphatic heterocycles. The first-order chi connectivity index (χ1) is 14.3. The summed E-state index contributed by atoms with van der Waals surface area (Å²) < 4.78 is 45.2. The van der Waals surface area contributed by atoms with Gasteiger partial charge >= 0.3 is 11.8 Å². The molecule has 0 atom stereocenters.